The van der Waals surface area contributed by atoms with Crippen molar-refractivity contribution < 1.29 is 17.9 Å². The van der Waals surface area contributed by atoms with Crippen LogP contribution in [0.15, 0.2) is 29.3 Å². The smallest absolute Gasteiger partial charge is 0.401 e. The Morgan fingerprint density at radius 3 is 2.70 bits per heavy atom. The molecule has 1 aliphatic heterocycles. The molecule has 1 unspecified atom stereocenters. The van der Waals surface area contributed by atoms with E-state index in [-0.39, 0.29) is 30.0 Å². The van der Waals surface area contributed by atoms with Crippen molar-refractivity contribution in [3.05, 3.63) is 29.8 Å². The first-order valence-electron chi connectivity index (χ1n) is 8.96. The van der Waals surface area contributed by atoms with Crippen LogP contribution in [0.4, 0.5) is 13.2 Å². The molecule has 1 aliphatic rings. The Labute approximate surface area is 175 Å². The number of para-hydroxylation sites is 1. The number of ether oxygens (including phenoxy) is 1. The number of rotatable bonds is 7. The maximum atomic E-state index is 12.5. The van der Waals surface area contributed by atoms with Crippen molar-refractivity contribution in [1.82, 2.24) is 15.5 Å². The number of nitrogens with zero attached hydrogens (tertiary/aromatic N) is 2. The lowest BCUT2D eigenvalue weighted by Crippen LogP contribution is -2.45. The minimum absolute atomic E-state index is 0. The number of aliphatic imine (C=N–C) groups is 1. The molecule has 1 atom stereocenters. The highest BCUT2D eigenvalue weighted by atomic mass is 127. The molecule has 1 fully saturated rings. The first kappa shape index (κ1) is 23.8. The van der Waals surface area contributed by atoms with Crippen LogP contribution >= 0.6 is 24.0 Å². The van der Waals surface area contributed by atoms with Crippen LogP contribution in [0.3, 0.4) is 0 Å². The molecule has 0 bridgehead atoms. The molecule has 0 radical (unpaired) electrons. The Bertz CT molecular complexity index is 598. The van der Waals surface area contributed by atoms with Gasteiger partial charge in [-0.05, 0) is 26.3 Å². The van der Waals surface area contributed by atoms with Gasteiger partial charge in [0.1, 0.15) is 5.75 Å². The van der Waals surface area contributed by atoms with Gasteiger partial charge in [-0.1, -0.05) is 18.2 Å². The van der Waals surface area contributed by atoms with Crippen LogP contribution in [0.2, 0.25) is 0 Å². The van der Waals surface area contributed by atoms with Crippen LogP contribution in [-0.4, -0.2) is 55.9 Å². The first-order valence-corrected chi connectivity index (χ1v) is 8.96. The summed E-state index contributed by atoms with van der Waals surface area (Å²) in [6.45, 7) is 5.51. The lowest BCUT2D eigenvalue weighted by Gasteiger charge is -2.20. The summed E-state index contributed by atoms with van der Waals surface area (Å²) in [5, 5.41) is 6.40. The fourth-order valence-electron chi connectivity index (χ4n) is 2.96. The Morgan fingerprint density at radius 2 is 2.04 bits per heavy atom. The second-order valence-corrected chi connectivity index (χ2v) is 6.22. The zero-order valence-corrected chi connectivity index (χ0v) is 18.0. The van der Waals surface area contributed by atoms with E-state index in [1.165, 1.54) is 4.90 Å². The minimum atomic E-state index is -4.16. The van der Waals surface area contributed by atoms with E-state index in [1.807, 2.05) is 38.1 Å². The summed E-state index contributed by atoms with van der Waals surface area (Å²) in [7, 11) is 0. The largest absolute Gasteiger partial charge is 0.494 e. The maximum Gasteiger partial charge on any atom is 0.401 e. The topological polar surface area (TPSA) is 48.9 Å². The molecular formula is C18H28F3IN4O. The van der Waals surface area contributed by atoms with Crippen molar-refractivity contribution in [3.63, 3.8) is 0 Å². The molecule has 0 saturated carbocycles. The summed E-state index contributed by atoms with van der Waals surface area (Å²) in [5.41, 5.74) is 0.969. The lowest BCUT2D eigenvalue weighted by molar-refractivity contribution is -0.143. The fourth-order valence-corrected chi connectivity index (χ4v) is 2.96. The van der Waals surface area contributed by atoms with Gasteiger partial charge in [0.2, 0.25) is 0 Å². The second kappa shape index (κ2) is 11.6. The number of hydrogen-bond acceptors (Lipinski definition) is 3. The highest BCUT2D eigenvalue weighted by Crippen LogP contribution is 2.20. The third kappa shape index (κ3) is 8.54. The van der Waals surface area contributed by atoms with E-state index in [0.29, 0.717) is 45.2 Å². The molecule has 0 aliphatic carbocycles. The molecule has 27 heavy (non-hydrogen) atoms. The normalized spacial score (nSPS) is 18.1. The maximum absolute atomic E-state index is 12.5. The predicted octanol–water partition coefficient (Wildman–Crippen LogP) is 3.40. The molecule has 154 valence electrons. The summed E-state index contributed by atoms with van der Waals surface area (Å²) in [6.07, 6.45) is -3.49. The van der Waals surface area contributed by atoms with Crippen LogP contribution in [0.25, 0.3) is 0 Å². The molecule has 0 amide bonds. The fraction of sp³-hybridized carbons (Fsp3) is 0.611. The van der Waals surface area contributed by atoms with Gasteiger partial charge in [0.25, 0.3) is 0 Å². The van der Waals surface area contributed by atoms with Crippen LogP contribution in [0, 0.1) is 0 Å². The molecule has 1 heterocycles. The van der Waals surface area contributed by atoms with Crippen molar-refractivity contribution >= 4 is 29.9 Å². The number of likely N-dealkylation sites (tertiary alicyclic amines) is 1. The summed E-state index contributed by atoms with van der Waals surface area (Å²) in [4.78, 5) is 5.99. The summed E-state index contributed by atoms with van der Waals surface area (Å²) in [5.74, 6) is 1.41. The number of guanidine groups is 1. The van der Waals surface area contributed by atoms with E-state index < -0.39 is 12.7 Å². The average molecular weight is 500 g/mol. The first-order chi connectivity index (χ1) is 12.4. The van der Waals surface area contributed by atoms with Gasteiger partial charge in [0, 0.05) is 31.2 Å². The number of halogens is 4. The lowest BCUT2D eigenvalue weighted by atomic mass is 10.2. The van der Waals surface area contributed by atoms with Crippen LogP contribution < -0.4 is 15.4 Å². The van der Waals surface area contributed by atoms with Crippen LogP contribution in [0.5, 0.6) is 5.75 Å². The van der Waals surface area contributed by atoms with E-state index in [2.05, 4.69) is 15.6 Å². The van der Waals surface area contributed by atoms with Gasteiger partial charge in [0.05, 0.1) is 19.7 Å². The molecule has 1 saturated heterocycles. The van der Waals surface area contributed by atoms with Crippen LogP contribution in [-0.2, 0) is 6.54 Å². The Balaban J connectivity index is 0.00000364. The third-order valence-corrected chi connectivity index (χ3v) is 4.04. The summed E-state index contributed by atoms with van der Waals surface area (Å²) >= 11 is 0. The van der Waals surface area contributed by atoms with E-state index >= 15 is 0 Å². The van der Waals surface area contributed by atoms with Crippen molar-refractivity contribution in [2.75, 3.05) is 32.8 Å². The van der Waals surface area contributed by atoms with Gasteiger partial charge < -0.3 is 15.4 Å². The van der Waals surface area contributed by atoms with E-state index in [9.17, 15) is 13.2 Å². The molecule has 2 rings (SSSR count). The van der Waals surface area contributed by atoms with Gasteiger partial charge in [-0.15, -0.1) is 24.0 Å². The zero-order valence-electron chi connectivity index (χ0n) is 15.7. The number of alkyl halides is 3. The molecular weight excluding hydrogens is 472 g/mol. The van der Waals surface area contributed by atoms with Gasteiger partial charge in [-0.3, -0.25) is 4.90 Å². The Hall–Kier alpha value is -1.23. The zero-order chi connectivity index (χ0) is 19.0. The van der Waals surface area contributed by atoms with E-state index in [0.717, 1.165) is 11.3 Å². The highest BCUT2D eigenvalue weighted by molar-refractivity contribution is 14.0. The standard InChI is InChI=1S/C18H27F3N4O.HI/c1-3-22-17(23-11-14-7-5-6-8-16(14)26-4-2)24-15-9-10-25(12-15)13-18(19,20)21;/h5-8,15H,3-4,9-13H2,1-2H3,(H2,22,23,24);1H. The molecule has 9 heteroatoms. The van der Waals surface area contributed by atoms with Gasteiger partial charge >= 0.3 is 6.18 Å². The average Bonchev–Trinajstić information content (AvgIpc) is 2.99. The molecule has 5 nitrogen and oxygen atoms in total. The van der Waals surface area contributed by atoms with Gasteiger partial charge in [-0.2, -0.15) is 13.2 Å². The Morgan fingerprint density at radius 1 is 1.30 bits per heavy atom. The Kier molecular flexibility index (Phi) is 10.2. The summed E-state index contributed by atoms with van der Waals surface area (Å²) in [6, 6.07) is 7.66. The van der Waals surface area contributed by atoms with E-state index in [1.54, 1.807) is 0 Å². The van der Waals surface area contributed by atoms with Crippen molar-refractivity contribution in [2.45, 2.75) is 39.0 Å². The molecule has 1 aromatic carbocycles. The molecule has 2 N–H and O–H groups in total. The van der Waals surface area contributed by atoms with E-state index in [4.69, 9.17) is 4.74 Å². The minimum Gasteiger partial charge on any atom is -0.494 e. The SMILES string of the molecule is CCNC(=NCc1ccccc1OCC)NC1CCN(CC(F)(F)F)C1.I. The molecule has 1 aromatic rings. The number of hydrogen-bond donors (Lipinski definition) is 2. The number of nitrogens with one attached hydrogen (secondary N) is 2. The van der Waals surface area contributed by atoms with Crippen molar-refractivity contribution in [3.8, 4) is 5.75 Å². The predicted molar refractivity (Wildman–Crippen MR) is 112 cm³/mol. The quantitative estimate of drug-likeness (QED) is 0.343. The highest BCUT2D eigenvalue weighted by Gasteiger charge is 2.34. The summed E-state index contributed by atoms with van der Waals surface area (Å²) < 4.78 is 43.2. The molecule has 0 aromatic heterocycles. The van der Waals surface area contributed by atoms with Crippen molar-refractivity contribution in [2.24, 2.45) is 4.99 Å². The molecule has 0 spiro atoms. The van der Waals surface area contributed by atoms with Crippen LogP contribution in [0.1, 0.15) is 25.8 Å². The van der Waals surface area contributed by atoms with Gasteiger partial charge in [-0.25, -0.2) is 4.99 Å². The van der Waals surface area contributed by atoms with Crippen molar-refractivity contribution in [1.29, 1.82) is 0 Å². The third-order valence-electron chi connectivity index (χ3n) is 4.04. The van der Waals surface area contributed by atoms with Gasteiger partial charge in [0.15, 0.2) is 5.96 Å². The monoisotopic (exact) mass is 500 g/mol. The second-order valence-electron chi connectivity index (χ2n) is 6.22. The number of benzene rings is 1.